The third-order valence-corrected chi connectivity index (χ3v) is 3.94. The monoisotopic (exact) mass is 297 g/mol. The summed E-state index contributed by atoms with van der Waals surface area (Å²) in [5.74, 6) is -1.28. The SMILES string of the molecule is CC(C)N(Cc1cccs1)c1c(F)cc(CO)cc1F. The van der Waals surface area contributed by atoms with Crippen LogP contribution in [0.5, 0.6) is 0 Å². The summed E-state index contributed by atoms with van der Waals surface area (Å²) in [4.78, 5) is 2.74. The number of anilines is 1. The molecule has 1 N–H and O–H groups in total. The second-order valence-electron chi connectivity index (χ2n) is 4.87. The molecule has 5 heteroatoms. The fourth-order valence-corrected chi connectivity index (χ4v) is 2.78. The molecular formula is C15H17F2NOS. The zero-order valence-electron chi connectivity index (χ0n) is 11.4. The summed E-state index contributed by atoms with van der Waals surface area (Å²) in [6.07, 6.45) is 0. The van der Waals surface area contributed by atoms with Crippen LogP contribution in [0.25, 0.3) is 0 Å². The largest absolute Gasteiger partial charge is 0.392 e. The van der Waals surface area contributed by atoms with Crippen molar-refractivity contribution in [1.29, 1.82) is 0 Å². The highest BCUT2D eigenvalue weighted by Crippen LogP contribution is 2.29. The topological polar surface area (TPSA) is 23.5 Å². The van der Waals surface area contributed by atoms with Crippen LogP contribution in [-0.4, -0.2) is 11.1 Å². The minimum Gasteiger partial charge on any atom is -0.392 e. The predicted molar refractivity (Wildman–Crippen MR) is 77.9 cm³/mol. The average Bonchev–Trinajstić information content (AvgIpc) is 2.89. The van der Waals surface area contributed by atoms with Gasteiger partial charge in [-0.3, -0.25) is 0 Å². The molecule has 2 rings (SSSR count). The zero-order valence-corrected chi connectivity index (χ0v) is 12.3. The maximum atomic E-state index is 14.1. The van der Waals surface area contributed by atoms with Crippen molar-refractivity contribution in [3.63, 3.8) is 0 Å². The highest BCUT2D eigenvalue weighted by molar-refractivity contribution is 7.09. The summed E-state index contributed by atoms with van der Waals surface area (Å²) in [5.41, 5.74) is 0.203. The van der Waals surface area contributed by atoms with E-state index in [1.807, 2.05) is 31.4 Å². The molecular weight excluding hydrogens is 280 g/mol. The van der Waals surface area contributed by atoms with Gasteiger partial charge >= 0.3 is 0 Å². The molecule has 0 aliphatic carbocycles. The van der Waals surface area contributed by atoms with Crippen LogP contribution in [-0.2, 0) is 13.2 Å². The Balaban J connectivity index is 2.39. The van der Waals surface area contributed by atoms with Gasteiger partial charge in [0, 0.05) is 10.9 Å². The number of nitrogens with zero attached hydrogens (tertiary/aromatic N) is 1. The van der Waals surface area contributed by atoms with Crippen molar-refractivity contribution < 1.29 is 13.9 Å². The van der Waals surface area contributed by atoms with E-state index in [0.717, 1.165) is 4.88 Å². The maximum Gasteiger partial charge on any atom is 0.149 e. The molecule has 0 amide bonds. The van der Waals surface area contributed by atoms with E-state index >= 15 is 0 Å². The third-order valence-electron chi connectivity index (χ3n) is 3.08. The molecule has 0 aliphatic heterocycles. The summed E-state index contributed by atoms with van der Waals surface area (Å²) < 4.78 is 28.3. The Morgan fingerprint density at radius 2 is 1.90 bits per heavy atom. The van der Waals surface area contributed by atoms with Crippen molar-refractivity contribution in [2.24, 2.45) is 0 Å². The maximum absolute atomic E-state index is 14.1. The molecule has 1 aromatic carbocycles. The molecule has 2 aromatic rings. The van der Waals surface area contributed by atoms with Crippen LogP contribution in [0.4, 0.5) is 14.5 Å². The fraction of sp³-hybridized carbons (Fsp3) is 0.333. The van der Waals surface area contributed by atoms with Gasteiger partial charge in [-0.2, -0.15) is 0 Å². The summed E-state index contributed by atoms with van der Waals surface area (Å²) in [6.45, 7) is 3.88. The smallest absolute Gasteiger partial charge is 0.149 e. The van der Waals surface area contributed by atoms with E-state index in [1.165, 1.54) is 12.1 Å². The van der Waals surface area contributed by atoms with Gasteiger partial charge in [0.15, 0.2) is 0 Å². The minimum absolute atomic E-state index is 0.0365. The minimum atomic E-state index is -0.640. The molecule has 0 fully saturated rings. The van der Waals surface area contributed by atoms with Gasteiger partial charge in [0.25, 0.3) is 0 Å². The van der Waals surface area contributed by atoms with Crippen molar-refractivity contribution >= 4 is 17.0 Å². The lowest BCUT2D eigenvalue weighted by molar-refractivity contribution is 0.280. The van der Waals surface area contributed by atoms with Crippen LogP contribution in [0.2, 0.25) is 0 Å². The Labute approximate surface area is 121 Å². The molecule has 20 heavy (non-hydrogen) atoms. The number of hydrogen-bond acceptors (Lipinski definition) is 3. The molecule has 0 unspecified atom stereocenters. The van der Waals surface area contributed by atoms with Crippen LogP contribution in [0, 0.1) is 11.6 Å². The summed E-state index contributed by atoms with van der Waals surface area (Å²) in [6, 6.07) is 6.18. The van der Waals surface area contributed by atoms with Crippen molar-refractivity contribution in [3.8, 4) is 0 Å². The van der Waals surface area contributed by atoms with E-state index in [0.29, 0.717) is 6.54 Å². The molecule has 0 aliphatic rings. The second kappa shape index (κ2) is 6.33. The normalized spacial score (nSPS) is 11.1. The van der Waals surface area contributed by atoms with E-state index < -0.39 is 11.6 Å². The van der Waals surface area contributed by atoms with Crippen molar-refractivity contribution in [2.45, 2.75) is 33.0 Å². The van der Waals surface area contributed by atoms with Gasteiger partial charge in [0.05, 0.1) is 13.2 Å². The number of rotatable bonds is 5. The Morgan fingerprint density at radius 3 is 2.35 bits per heavy atom. The number of aliphatic hydroxyl groups excluding tert-OH is 1. The number of aliphatic hydroxyl groups is 1. The first kappa shape index (κ1) is 14.9. The molecule has 1 heterocycles. The van der Waals surface area contributed by atoms with Crippen LogP contribution in [0.1, 0.15) is 24.3 Å². The molecule has 0 radical (unpaired) electrons. The molecule has 0 bridgehead atoms. The van der Waals surface area contributed by atoms with E-state index in [9.17, 15) is 8.78 Å². The molecule has 2 nitrogen and oxygen atoms in total. The lowest BCUT2D eigenvalue weighted by atomic mass is 10.1. The van der Waals surface area contributed by atoms with Crippen molar-refractivity contribution in [2.75, 3.05) is 4.90 Å². The van der Waals surface area contributed by atoms with E-state index in [2.05, 4.69) is 0 Å². The van der Waals surface area contributed by atoms with Crippen molar-refractivity contribution in [1.82, 2.24) is 0 Å². The van der Waals surface area contributed by atoms with Gasteiger partial charge in [0.2, 0.25) is 0 Å². The first-order valence-corrected chi connectivity index (χ1v) is 7.28. The predicted octanol–water partition coefficient (Wildman–Crippen LogP) is 3.93. The number of thiophene rings is 1. The van der Waals surface area contributed by atoms with Crippen LogP contribution >= 0.6 is 11.3 Å². The summed E-state index contributed by atoms with van der Waals surface area (Å²) in [5, 5.41) is 10.9. The van der Waals surface area contributed by atoms with Crippen molar-refractivity contribution in [3.05, 3.63) is 51.7 Å². The third kappa shape index (κ3) is 3.16. The first-order chi connectivity index (χ1) is 9.52. The van der Waals surface area contributed by atoms with Gasteiger partial charge in [-0.15, -0.1) is 11.3 Å². The zero-order chi connectivity index (χ0) is 14.7. The molecule has 0 spiro atoms. The van der Waals surface area contributed by atoms with Gasteiger partial charge in [-0.1, -0.05) is 6.07 Å². The van der Waals surface area contributed by atoms with E-state index in [-0.39, 0.29) is 23.9 Å². The summed E-state index contributed by atoms with van der Waals surface area (Å²) >= 11 is 1.56. The van der Waals surface area contributed by atoms with Crippen LogP contribution < -0.4 is 4.90 Å². The van der Waals surface area contributed by atoms with E-state index in [4.69, 9.17) is 5.11 Å². The Kier molecular flexibility index (Phi) is 4.73. The number of benzene rings is 1. The van der Waals surface area contributed by atoms with Gasteiger partial charge < -0.3 is 10.0 Å². The summed E-state index contributed by atoms with van der Waals surface area (Å²) in [7, 11) is 0. The molecule has 0 saturated carbocycles. The number of hydrogen-bond donors (Lipinski definition) is 1. The van der Waals surface area contributed by atoms with Crippen LogP contribution in [0.3, 0.4) is 0 Å². The second-order valence-corrected chi connectivity index (χ2v) is 5.90. The average molecular weight is 297 g/mol. The van der Waals surface area contributed by atoms with Crippen LogP contribution in [0.15, 0.2) is 29.6 Å². The standard InChI is InChI=1S/C15H17F2NOS/c1-10(2)18(8-12-4-3-5-20-12)15-13(16)6-11(9-19)7-14(15)17/h3-7,10,19H,8-9H2,1-2H3. The Hall–Kier alpha value is -1.46. The van der Waals surface area contributed by atoms with Gasteiger partial charge in [0.1, 0.15) is 17.3 Å². The highest BCUT2D eigenvalue weighted by Gasteiger charge is 2.21. The molecule has 1 aromatic heterocycles. The lowest BCUT2D eigenvalue weighted by Gasteiger charge is -2.29. The Morgan fingerprint density at radius 1 is 1.25 bits per heavy atom. The number of halogens is 2. The van der Waals surface area contributed by atoms with Gasteiger partial charge in [-0.05, 0) is 43.0 Å². The van der Waals surface area contributed by atoms with Gasteiger partial charge in [-0.25, -0.2) is 8.78 Å². The quantitative estimate of drug-likeness (QED) is 0.904. The molecule has 0 saturated heterocycles. The molecule has 108 valence electrons. The Bertz CT molecular complexity index is 546. The fourth-order valence-electron chi connectivity index (χ4n) is 2.07. The lowest BCUT2D eigenvalue weighted by Crippen LogP contribution is -2.31. The highest BCUT2D eigenvalue weighted by atomic mass is 32.1. The first-order valence-electron chi connectivity index (χ1n) is 6.40. The van der Waals surface area contributed by atoms with E-state index in [1.54, 1.807) is 16.2 Å². The molecule has 0 atom stereocenters.